The summed E-state index contributed by atoms with van der Waals surface area (Å²) in [6.45, 7) is 18.1. The lowest BCUT2D eigenvalue weighted by Crippen LogP contribution is -2.48. The molecular weight excluding hydrogens is 338 g/mol. The van der Waals surface area contributed by atoms with E-state index in [9.17, 15) is 4.79 Å². The molecule has 0 aromatic carbocycles. The first-order chi connectivity index (χ1) is 11.0. The van der Waals surface area contributed by atoms with Crippen LogP contribution in [0, 0.1) is 11.8 Å². The van der Waals surface area contributed by atoms with E-state index in [1.54, 1.807) is 0 Å². The number of hydrogen-bond acceptors (Lipinski definition) is 2. The lowest BCUT2D eigenvalue weighted by molar-refractivity contribution is -0.132. The standard InChI is InChI=1S/C19H38ClNO2Si/c1-8-9-10-18(22)21-12-11-16(17(20)13-21)15(2)14-23-24(6,7)19(3,4)5/h15-17H,8-14H2,1-7H3. The summed E-state index contributed by atoms with van der Waals surface area (Å²) in [5, 5.41) is 0.282. The van der Waals surface area contributed by atoms with Gasteiger partial charge in [-0.3, -0.25) is 4.79 Å². The molecule has 1 amide bonds. The van der Waals surface area contributed by atoms with Crippen LogP contribution in [0.3, 0.4) is 0 Å². The number of halogens is 1. The van der Waals surface area contributed by atoms with Crippen molar-refractivity contribution >= 4 is 25.8 Å². The molecule has 0 N–H and O–H groups in total. The third-order valence-electron chi connectivity index (χ3n) is 5.93. The number of hydrogen-bond donors (Lipinski definition) is 0. The molecule has 0 radical (unpaired) electrons. The van der Waals surface area contributed by atoms with Gasteiger partial charge >= 0.3 is 0 Å². The molecule has 3 atom stereocenters. The molecule has 0 aromatic heterocycles. The van der Waals surface area contributed by atoms with Crippen LogP contribution in [0.1, 0.15) is 60.3 Å². The van der Waals surface area contributed by atoms with Gasteiger partial charge in [0.15, 0.2) is 8.32 Å². The number of piperidine rings is 1. The molecule has 1 saturated heterocycles. The fourth-order valence-corrected chi connectivity index (χ4v) is 4.61. The highest BCUT2D eigenvalue weighted by Crippen LogP contribution is 2.38. The second-order valence-corrected chi connectivity index (χ2v) is 14.3. The minimum atomic E-state index is -1.71. The summed E-state index contributed by atoms with van der Waals surface area (Å²) in [6.07, 6.45) is 3.69. The highest BCUT2D eigenvalue weighted by molar-refractivity contribution is 6.74. The van der Waals surface area contributed by atoms with Crippen LogP contribution < -0.4 is 0 Å². The molecule has 1 rings (SSSR count). The van der Waals surface area contributed by atoms with Crippen LogP contribution in [0.25, 0.3) is 0 Å². The van der Waals surface area contributed by atoms with Gasteiger partial charge in [-0.15, -0.1) is 11.6 Å². The van der Waals surface area contributed by atoms with Crippen molar-refractivity contribution in [1.29, 1.82) is 0 Å². The van der Waals surface area contributed by atoms with Crippen molar-refractivity contribution in [2.24, 2.45) is 11.8 Å². The third-order valence-corrected chi connectivity index (χ3v) is 10.9. The van der Waals surface area contributed by atoms with Crippen LogP contribution in [0.2, 0.25) is 18.1 Å². The molecule has 24 heavy (non-hydrogen) atoms. The molecule has 142 valence electrons. The number of unbranched alkanes of at least 4 members (excludes halogenated alkanes) is 1. The Kier molecular flexibility index (Phi) is 8.28. The molecule has 3 unspecified atom stereocenters. The van der Waals surface area contributed by atoms with E-state index in [0.29, 0.717) is 24.8 Å². The molecule has 3 nitrogen and oxygen atoms in total. The van der Waals surface area contributed by atoms with E-state index in [0.717, 1.165) is 32.4 Å². The Morgan fingerprint density at radius 3 is 2.50 bits per heavy atom. The average Bonchev–Trinajstić information content (AvgIpc) is 2.49. The number of carbonyl (C=O) groups excluding carboxylic acids is 1. The molecular formula is C19H38ClNO2Si. The zero-order valence-electron chi connectivity index (χ0n) is 16.8. The smallest absolute Gasteiger partial charge is 0.222 e. The van der Waals surface area contributed by atoms with Crippen molar-refractivity contribution in [1.82, 2.24) is 4.90 Å². The van der Waals surface area contributed by atoms with Crippen LogP contribution in [-0.2, 0) is 9.22 Å². The van der Waals surface area contributed by atoms with Gasteiger partial charge in [-0.2, -0.15) is 0 Å². The Morgan fingerprint density at radius 1 is 1.38 bits per heavy atom. The molecule has 0 saturated carbocycles. The van der Waals surface area contributed by atoms with E-state index >= 15 is 0 Å². The summed E-state index contributed by atoms with van der Waals surface area (Å²) >= 11 is 6.65. The summed E-state index contributed by atoms with van der Waals surface area (Å²) in [7, 11) is -1.71. The maximum absolute atomic E-state index is 12.2. The Morgan fingerprint density at radius 2 is 2.00 bits per heavy atom. The summed E-state index contributed by atoms with van der Waals surface area (Å²) in [5.41, 5.74) is 0. The Balaban J connectivity index is 2.50. The van der Waals surface area contributed by atoms with E-state index in [4.69, 9.17) is 16.0 Å². The predicted octanol–water partition coefficient (Wildman–Crippen LogP) is 5.29. The monoisotopic (exact) mass is 375 g/mol. The number of likely N-dealkylation sites (tertiary alicyclic amines) is 1. The minimum absolute atomic E-state index is 0.0438. The van der Waals surface area contributed by atoms with E-state index < -0.39 is 8.32 Å². The van der Waals surface area contributed by atoms with E-state index in [-0.39, 0.29) is 16.3 Å². The second kappa shape index (κ2) is 9.04. The lowest BCUT2D eigenvalue weighted by Gasteiger charge is -2.41. The minimum Gasteiger partial charge on any atom is -0.417 e. The average molecular weight is 376 g/mol. The summed E-state index contributed by atoms with van der Waals surface area (Å²) in [4.78, 5) is 14.2. The SMILES string of the molecule is CCCCC(=O)N1CCC(C(C)CO[Si](C)(C)C(C)(C)C)C(Cl)C1. The molecule has 1 aliphatic heterocycles. The van der Waals surface area contributed by atoms with Gasteiger partial charge in [0.25, 0.3) is 0 Å². The van der Waals surface area contributed by atoms with Crippen molar-refractivity contribution in [2.45, 2.75) is 83.8 Å². The molecule has 0 bridgehead atoms. The van der Waals surface area contributed by atoms with Crippen LogP contribution in [0.15, 0.2) is 0 Å². The zero-order chi connectivity index (χ0) is 18.5. The highest BCUT2D eigenvalue weighted by Gasteiger charge is 2.39. The number of nitrogens with zero attached hydrogens (tertiary/aromatic N) is 1. The van der Waals surface area contributed by atoms with E-state index in [1.807, 2.05) is 4.90 Å². The normalized spacial score (nSPS) is 24.1. The Hall–Kier alpha value is -0.0631. The summed E-state index contributed by atoms with van der Waals surface area (Å²) < 4.78 is 6.38. The largest absolute Gasteiger partial charge is 0.417 e. The van der Waals surface area contributed by atoms with E-state index in [1.165, 1.54) is 0 Å². The maximum Gasteiger partial charge on any atom is 0.222 e. The van der Waals surface area contributed by atoms with Gasteiger partial charge in [0, 0.05) is 26.1 Å². The summed E-state index contributed by atoms with van der Waals surface area (Å²) in [5.74, 6) is 1.15. The van der Waals surface area contributed by atoms with Crippen LogP contribution in [0.4, 0.5) is 0 Å². The van der Waals surface area contributed by atoms with Gasteiger partial charge in [-0.25, -0.2) is 0 Å². The van der Waals surface area contributed by atoms with Gasteiger partial charge in [-0.1, -0.05) is 41.0 Å². The van der Waals surface area contributed by atoms with Crippen molar-refractivity contribution in [3.8, 4) is 0 Å². The van der Waals surface area contributed by atoms with E-state index in [2.05, 4.69) is 47.7 Å². The second-order valence-electron chi connectivity index (χ2n) is 8.96. The first kappa shape index (κ1) is 22.0. The van der Waals surface area contributed by atoms with Crippen molar-refractivity contribution in [2.75, 3.05) is 19.7 Å². The van der Waals surface area contributed by atoms with Crippen molar-refractivity contribution < 1.29 is 9.22 Å². The van der Waals surface area contributed by atoms with Crippen molar-refractivity contribution in [3.05, 3.63) is 0 Å². The first-order valence-corrected chi connectivity index (χ1v) is 12.9. The summed E-state index contributed by atoms with van der Waals surface area (Å²) in [6, 6.07) is 0. The van der Waals surface area contributed by atoms with Gasteiger partial charge in [-0.05, 0) is 42.8 Å². The molecule has 5 heteroatoms. The van der Waals surface area contributed by atoms with Gasteiger partial charge in [0.2, 0.25) is 5.91 Å². The van der Waals surface area contributed by atoms with Crippen molar-refractivity contribution in [3.63, 3.8) is 0 Å². The van der Waals surface area contributed by atoms with Gasteiger partial charge in [0.1, 0.15) is 0 Å². The van der Waals surface area contributed by atoms with Crippen LogP contribution in [-0.4, -0.2) is 44.2 Å². The number of carbonyl (C=O) groups is 1. The molecule has 0 spiro atoms. The van der Waals surface area contributed by atoms with Crippen LogP contribution >= 0.6 is 11.6 Å². The van der Waals surface area contributed by atoms with Crippen LogP contribution in [0.5, 0.6) is 0 Å². The molecule has 1 aliphatic rings. The first-order valence-electron chi connectivity index (χ1n) is 9.55. The highest BCUT2D eigenvalue weighted by atomic mass is 35.5. The van der Waals surface area contributed by atoms with Gasteiger partial charge < -0.3 is 9.33 Å². The number of alkyl halides is 1. The number of rotatable bonds is 7. The zero-order valence-corrected chi connectivity index (χ0v) is 18.6. The number of amides is 1. The fourth-order valence-electron chi connectivity index (χ4n) is 2.96. The lowest BCUT2D eigenvalue weighted by atomic mass is 9.85. The topological polar surface area (TPSA) is 29.5 Å². The Bertz CT molecular complexity index is 409. The quantitative estimate of drug-likeness (QED) is 0.446. The maximum atomic E-state index is 12.2. The molecule has 1 fully saturated rings. The Labute approximate surface area is 155 Å². The van der Waals surface area contributed by atoms with Gasteiger partial charge in [0.05, 0.1) is 5.38 Å². The predicted molar refractivity (Wildman–Crippen MR) is 106 cm³/mol. The molecule has 1 heterocycles. The molecule has 0 aromatic rings. The third kappa shape index (κ3) is 6.03. The fraction of sp³-hybridized carbons (Fsp3) is 0.947. The molecule has 0 aliphatic carbocycles.